The Balaban J connectivity index is 4.29. The van der Waals surface area contributed by atoms with Crippen molar-refractivity contribution in [2.75, 3.05) is 19.8 Å². The van der Waals surface area contributed by atoms with Crippen LogP contribution in [0.2, 0.25) is 0 Å². The monoisotopic (exact) mass is 286 g/mol. The quantitative estimate of drug-likeness (QED) is 0.424. The van der Waals surface area contributed by atoms with E-state index in [1.165, 1.54) is 0 Å². The van der Waals surface area contributed by atoms with Crippen molar-refractivity contribution in [3.8, 4) is 23.7 Å². The maximum Gasteiger partial charge on any atom is 0.225 e. The van der Waals surface area contributed by atoms with Crippen molar-refractivity contribution in [1.82, 2.24) is 0 Å². The van der Waals surface area contributed by atoms with Crippen molar-refractivity contribution in [3.63, 3.8) is 0 Å². The zero-order valence-electron chi connectivity index (χ0n) is 11.8. The highest BCUT2D eigenvalue weighted by Crippen LogP contribution is 1.99. The molecule has 0 saturated heterocycles. The lowest BCUT2D eigenvalue weighted by Gasteiger charge is -2.14. The molecule has 0 saturated carbocycles. The molecule has 3 N–H and O–H groups in total. The molecule has 6 heteroatoms. The molecule has 0 fully saturated rings. The first-order valence-corrected chi connectivity index (χ1v) is 6.49. The Kier molecular flexibility index (Phi) is 12.2. The fourth-order valence-corrected chi connectivity index (χ4v) is 1.03. The van der Waals surface area contributed by atoms with E-state index >= 15 is 0 Å². The van der Waals surface area contributed by atoms with Gasteiger partial charge in [0, 0.05) is 0 Å². The highest BCUT2D eigenvalue weighted by molar-refractivity contribution is 5.06. The Bertz CT molecular complexity index is 348. The summed E-state index contributed by atoms with van der Waals surface area (Å²) in [4.78, 5) is 0. The number of hydrogen-bond acceptors (Lipinski definition) is 6. The molecule has 0 heterocycles. The first-order valence-electron chi connectivity index (χ1n) is 6.49. The van der Waals surface area contributed by atoms with Crippen LogP contribution < -0.4 is 0 Å². The minimum Gasteiger partial charge on any atom is -0.384 e. The molecule has 114 valence electrons. The molecule has 0 spiro atoms. The van der Waals surface area contributed by atoms with Gasteiger partial charge in [-0.3, -0.25) is 0 Å². The van der Waals surface area contributed by atoms with Crippen molar-refractivity contribution < 1.29 is 29.5 Å². The second-order valence-electron chi connectivity index (χ2n) is 3.68. The van der Waals surface area contributed by atoms with Crippen LogP contribution in [0.25, 0.3) is 0 Å². The minimum absolute atomic E-state index is 0.333. The van der Waals surface area contributed by atoms with Gasteiger partial charge in [-0.05, 0) is 30.6 Å². The predicted octanol–water partition coefficient (Wildman–Crippen LogP) is -0.182. The number of ether oxygens (including phenoxy) is 3. The van der Waals surface area contributed by atoms with Crippen LogP contribution in [-0.4, -0.2) is 54.0 Å². The van der Waals surface area contributed by atoms with Crippen molar-refractivity contribution in [3.05, 3.63) is 0 Å². The zero-order valence-corrected chi connectivity index (χ0v) is 11.8. The van der Waals surface area contributed by atoms with Crippen molar-refractivity contribution in [2.24, 2.45) is 0 Å². The van der Waals surface area contributed by atoms with Gasteiger partial charge in [0.05, 0.1) is 13.2 Å². The molecule has 3 atom stereocenters. The van der Waals surface area contributed by atoms with Gasteiger partial charge in [-0.25, -0.2) is 0 Å². The van der Waals surface area contributed by atoms with Crippen LogP contribution in [0.15, 0.2) is 0 Å². The van der Waals surface area contributed by atoms with Crippen LogP contribution in [-0.2, 0) is 14.2 Å². The first-order chi connectivity index (χ1) is 9.63. The van der Waals surface area contributed by atoms with Gasteiger partial charge >= 0.3 is 0 Å². The molecule has 0 aromatic rings. The van der Waals surface area contributed by atoms with Gasteiger partial charge in [0.2, 0.25) is 18.9 Å². The van der Waals surface area contributed by atoms with Crippen LogP contribution in [0, 0.1) is 23.7 Å². The summed E-state index contributed by atoms with van der Waals surface area (Å²) in [6.07, 6.45) is -2.22. The maximum absolute atomic E-state index is 9.52. The number of rotatable bonds is 8. The van der Waals surface area contributed by atoms with Gasteiger partial charge in [0.25, 0.3) is 0 Å². The molecule has 3 unspecified atom stereocenters. The van der Waals surface area contributed by atoms with E-state index in [9.17, 15) is 10.2 Å². The lowest BCUT2D eigenvalue weighted by Crippen LogP contribution is -2.23. The highest BCUT2D eigenvalue weighted by atomic mass is 16.7. The molecule has 20 heavy (non-hydrogen) atoms. The molecule has 0 radical (unpaired) electrons. The molecule has 0 bridgehead atoms. The Hall–Kier alpha value is -1.12. The summed E-state index contributed by atoms with van der Waals surface area (Å²) in [7, 11) is 0. The van der Waals surface area contributed by atoms with Crippen LogP contribution in [0.5, 0.6) is 0 Å². The fourth-order valence-electron chi connectivity index (χ4n) is 1.03. The van der Waals surface area contributed by atoms with E-state index in [1.807, 2.05) is 13.8 Å². The van der Waals surface area contributed by atoms with Gasteiger partial charge in [-0.1, -0.05) is 19.8 Å². The van der Waals surface area contributed by atoms with E-state index in [0.29, 0.717) is 13.2 Å². The van der Waals surface area contributed by atoms with Crippen LogP contribution in [0.4, 0.5) is 0 Å². The third-order valence-electron chi connectivity index (χ3n) is 1.83. The van der Waals surface area contributed by atoms with Gasteiger partial charge in [-0.15, -0.1) is 0 Å². The second kappa shape index (κ2) is 12.9. The van der Waals surface area contributed by atoms with Gasteiger partial charge in [0.1, 0.15) is 6.61 Å². The molecule has 0 aliphatic carbocycles. The number of hydrogen-bond donors (Lipinski definition) is 3. The molecule has 0 aliphatic heterocycles. The molecule has 0 rings (SSSR count). The topological polar surface area (TPSA) is 88.4 Å². The van der Waals surface area contributed by atoms with E-state index in [0.717, 1.165) is 12.8 Å². The SMILES string of the molecule is CCCOC(O)C#CC(O)OC(C#CCO)OCCC. The van der Waals surface area contributed by atoms with E-state index in [2.05, 4.69) is 23.7 Å². The molecule has 0 aromatic heterocycles. The summed E-state index contributed by atoms with van der Waals surface area (Å²) in [5.41, 5.74) is 0. The average Bonchev–Trinajstić information content (AvgIpc) is 2.45. The average molecular weight is 286 g/mol. The van der Waals surface area contributed by atoms with Gasteiger partial charge in [0.15, 0.2) is 0 Å². The summed E-state index contributed by atoms with van der Waals surface area (Å²) in [6, 6.07) is 0. The lowest BCUT2D eigenvalue weighted by atomic mass is 10.5. The molecule has 0 aromatic carbocycles. The Morgan fingerprint density at radius 2 is 1.50 bits per heavy atom. The van der Waals surface area contributed by atoms with E-state index in [1.54, 1.807) is 0 Å². The third-order valence-corrected chi connectivity index (χ3v) is 1.83. The number of aliphatic hydroxyl groups excluding tert-OH is 3. The van der Waals surface area contributed by atoms with Crippen molar-refractivity contribution in [2.45, 2.75) is 45.6 Å². The van der Waals surface area contributed by atoms with Gasteiger partial charge in [-0.2, -0.15) is 0 Å². The second-order valence-corrected chi connectivity index (χ2v) is 3.68. The van der Waals surface area contributed by atoms with Crippen LogP contribution >= 0.6 is 0 Å². The summed E-state index contributed by atoms with van der Waals surface area (Å²) >= 11 is 0. The van der Waals surface area contributed by atoms with Crippen molar-refractivity contribution in [1.29, 1.82) is 0 Å². The number of aliphatic hydroxyl groups is 3. The Morgan fingerprint density at radius 1 is 0.900 bits per heavy atom. The van der Waals surface area contributed by atoms with E-state index in [4.69, 9.17) is 19.3 Å². The first kappa shape index (κ1) is 18.9. The molecule has 0 amide bonds. The third kappa shape index (κ3) is 10.8. The maximum atomic E-state index is 9.52. The summed E-state index contributed by atoms with van der Waals surface area (Å²) in [5.74, 6) is 9.43. The Labute approximate surface area is 119 Å². The normalized spacial score (nSPS) is 14.4. The molecular formula is C14H22O6. The summed E-state index contributed by atoms with van der Waals surface area (Å²) in [5, 5.41) is 27.4. The highest BCUT2D eigenvalue weighted by Gasteiger charge is 2.10. The standard InChI is InChI=1S/C14H22O6/c1-3-10-18-12(16)7-8-13(17)20-14(6-5-9-15)19-11-4-2/h12-17H,3-4,9-11H2,1-2H3. The van der Waals surface area contributed by atoms with Gasteiger partial charge < -0.3 is 29.5 Å². The molecule has 6 nitrogen and oxygen atoms in total. The minimum atomic E-state index is -1.47. The summed E-state index contributed by atoms with van der Waals surface area (Å²) in [6.45, 7) is 4.24. The molecule has 0 aliphatic rings. The van der Waals surface area contributed by atoms with E-state index in [-0.39, 0.29) is 6.61 Å². The predicted molar refractivity (Wildman–Crippen MR) is 72.0 cm³/mol. The smallest absolute Gasteiger partial charge is 0.225 e. The summed E-state index contributed by atoms with van der Waals surface area (Å²) < 4.78 is 15.1. The van der Waals surface area contributed by atoms with Crippen molar-refractivity contribution >= 4 is 0 Å². The molecular weight excluding hydrogens is 264 g/mol. The zero-order chi connectivity index (χ0) is 15.2. The van der Waals surface area contributed by atoms with Crippen LogP contribution in [0.1, 0.15) is 26.7 Å². The van der Waals surface area contributed by atoms with Crippen LogP contribution in [0.3, 0.4) is 0 Å². The largest absolute Gasteiger partial charge is 0.384 e. The van der Waals surface area contributed by atoms with E-state index < -0.39 is 18.9 Å². The lowest BCUT2D eigenvalue weighted by molar-refractivity contribution is -0.179. The Morgan fingerprint density at radius 3 is 2.10 bits per heavy atom. The fraction of sp³-hybridized carbons (Fsp3) is 0.714.